The highest BCUT2D eigenvalue weighted by molar-refractivity contribution is 7.05. The normalized spacial score (nSPS) is 13.9. The monoisotopic (exact) mass is 998 g/mol. The molecule has 0 radical (unpaired) electrons. The summed E-state index contributed by atoms with van der Waals surface area (Å²) < 4.78 is 29.9. The Bertz CT molecular complexity index is 4150. The molecule has 17 rings (SSSR count). The molecule has 6 nitrogen and oxygen atoms in total. The van der Waals surface area contributed by atoms with Gasteiger partial charge >= 0.3 is 0 Å². The van der Waals surface area contributed by atoms with Gasteiger partial charge in [-0.2, -0.15) is 0 Å². The van der Waals surface area contributed by atoms with E-state index < -0.39 is 0 Å². The summed E-state index contributed by atoms with van der Waals surface area (Å²) in [5.74, 6) is 6.54. The van der Waals surface area contributed by atoms with Crippen molar-refractivity contribution < 1.29 is 18.9 Å². The van der Waals surface area contributed by atoms with Gasteiger partial charge in [-0.3, -0.25) is 0 Å². The van der Waals surface area contributed by atoms with Crippen LogP contribution in [0.3, 0.4) is 0 Å². The number of anilines is 6. The number of aryl methyl sites for hydroxylation is 3. The maximum Gasteiger partial charge on any atom is 0.261 e. The first-order valence-corrected chi connectivity index (χ1v) is 27.0. The highest BCUT2D eigenvalue weighted by Gasteiger charge is 2.53. The highest BCUT2D eigenvalue weighted by Crippen LogP contribution is 2.51. The van der Waals surface area contributed by atoms with E-state index in [0.717, 1.165) is 141 Å². The number of para-hydroxylation sites is 4. The molecule has 0 bridgehead atoms. The van der Waals surface area contributed by atoms with Gasteiger partial charge in [0.1, 0.15) is 46.0 Å². The molecular formula is C69H45B3N2O4. The molecule has 364 valence electrons. The summed E-state index contributed by atoms with van der Waals surface area (Å²) in [5.41, 5.74) is 24.2. The fourth-order valence-corrected chi connectivity index (χ4v) is 13.9. The predicted molar refractivity (Wildman–Crippen MR) is 321 cm³/mol. The van der Waals surface area contributed by atoms with E-state index in [0.29, 0.717) is 0 Å². The maximum absolute atomic E-state index is 7.59. The molecule has 0 atom stereocenters. The smallest absolute Gasteiger partial charge is 0.261 e. The number of nitrogens with zero attached hydrogens (tertiary/aromatic N) is 2. The minimum Gasteiger partial charge on any atom is -0.459 e. The van der Waals surface area contributed by atoms with Crippen molar-refractivity contribution in [2.24, 2.45) is 0 Å². The lowest BCUT2D eigenvalue weighted by Crippen LogP contribution is -2.66. The number of hydrogen-bond acceptors (Lipinski definition) is 6. The summed E-state index contributed by atoms with van der Waals surface area (Å²) in [5, 5.41) is 0. The number of benzene rings is 11. The van der Waals surface area contributed by atoms with Crippen molar-refractivity contribution in [1.82, 2.24) is 0 Å². The lowest BCUT2D eigenvalue weighted by Gasteiger charge is -2.47. The fraction of sp³-hybridized carbons (Fsp3) is 0.0435. The van der Waals surface area contributed by atoms with Crippen LogP contribution in [0.25, 0.3) is 22.3 Å². The lowest BCUT2D eigenvalue weighted by molar-refractivity contribution is 0.467. The first-order chi connectivity index (χ1) is 38.4. The zero-order valence-corrected chi connectivity index (χ0v) is 43.0. The molecule has 78 heavy (non-hydrogen) atoms. The zero-order chi connectivity index (χ0) is 51.5. The molecule has 6 aliphatic heterocycles. The zero-order valence-electron chi connectivity index (χ0n) is 43.0. The highest BCUT2D eigenvalue weighted by atomic mass is 16.5. The van der Waals surface area contributed by atoms with E-state index in [1.807, 2.05) is 0 Å². The van der Waals surface area contributed by atoms with Crippen molar-refractivity contribution in [3.63, 3.8) is 0 Å². The molecule has 11 aromatic carbocycles. The lowest BCUT2D eigenvalue weighted by atomic mass is 9.28. The first-order valence-electron chi connectivity index (χ1n) is 27.0. The van der Waals surface area contributed by atoms with Crippen molar-refractivity contribution in [3.8, 4) is 68.2 Å². The molecule has 0 amide bonds. The van der Waals surface area contributed by atoms with Crippen LogP contribution in [0.2, 0.25) is 0 Å². The molecule has 0 saturated carbocycles. The van der Waals surface area contributed by atoms with E-state index in [1.54, 1.807) is 0 Å². The number of rotatable bonds is 4. The average Bonchev–Trinajstić information content (AvgIpc) is 2.70. The molecule has 0 aliphatic carbocycles. The van der Waals surface area contributed by atoms with Gasteiger partial charge in [0.15, 0.2) is 0 Å². The van der Waals surface area contributed by atoms with Crippen LogP contribution in [0.15, 0.2) is 218 Å². The Morgan fingerprint density at radius 3 is 1.15 bits per heavy atom. The standard InChI is InChI=1S/C69H45B3N2O4/c1-40-34-53-63-54(35-40)74(46-22-8-5-9-23-46)56-39-62-67-69(78-58-29-17-15-27-50(58)71(67)52-33-31-44(37-60(52)76-62)48-25-13-11-19-42(48)3)65(56)72(63)64-55(73(53)45-20-6-4-7-21-45)38-61-66-68(64)77-57-28-16-14-26-49(57)70(66)51-32-30-43(36-59(51)75-61)47-24-12-10-18-41(47)2/h4-39H,1-3H3. The van der Waals surface area contributed by atoms with Crippen molar-refractivity contribution in [2.45, 2.75) is 20.8 Å². The molecule has 0 saturated heterocycles. The van der Waals surface area contributed by atoms with E-state index in [1.165, 1.54) is 27.7 Å². The summed E-state index contributed by atoms with van der Waals surface area (Å²) in [6.07, 6.45) is 0. The van der Waals surface area contributed by atoms with Crippen LogP contribution >= 0.6 is 0 Å². The topological polar surface area (TPSA) is 43.4 Å². The van der Waals surface area contributed by atoms with Gasteiger partial charge in [0.2, 0.25) is 0 Å². The van der Waals surface area contributed by atoms with E-state index >= 15 is 0 Å². The van der Waals surface area contributed by atoms with Gasteiger partial charge in [0, 0.05) is 57.2 Å². The third-order valence-corrected chi connectivity index (χ3v) is 17.2. The largest absolute Gasteiger partial charge is 0.459 e. The molecule has 9 heteroatoms. The molecular weight excluding hydrogens is 953 g/mol. The Labute approximate surface area is 454 Å². The molecule has 0 aromatic heterocycles. The molecule has 0 N–H and O–H groups in total. The third-order valence-electron chi connectivity index (χ3n) is 17.2. The molecule has 0 spiro atoms. The second-order valence-corrected chi connectivity index (χ2v) is 21.6. The van der Waals surface area contributed by atoms with Gasteiger partial charge < -0.3 is 28.7 Å². The average molecular weight is 999 g/mol. The maximum atomic E-state index is 7.59. The van der Waals surface area contributed by atoms with Crippen LogP contribution in [0, 0.1) is 20.8 Å². The van der Waals surface area contributed by atoms with Gasteiger partial charge in [-0.05, 0) is 159 Å². The van der Waals surface area contributed by atoms with Crippen LogP contribution in [0.5, 0.6) is 46.0 Å². The predicted octanol–water partition coefficient (Wildman–Crippen LogP) is 11.5. The Kier molecular flexibility index (Phi) is 9.07. The van der Waals surface area contributed by atoms with Crippen LogP contribution in [-0.2, 0) is 0 Å². The van der Waals surface area contributed by atoms with Crippen LogP contribution < -0.4 is 77.9 Å². The van der Waals surface area contributed by atoms with Crippen LogP contribution in [-0.4, -0.2) is 20.1 Å². The van der Waals surface area contributed by atoms with Crippen molar-refractivity contribution in [3.05, 3.63) is 235 Å². The molecule has 0 fully saturated rings. The van der Waals surface area contributed by atoms with Gasteiger partial charge in [-0.15, -0.1) is 0 Å². The number of ether oxygens (including phenoxy) is 4. The molecule has 6 heterocycles. The Morgan fingerprint density at radius 1 is 0.295 bits per heavy atom. The quantitative estimate of drug-likeness (QED) is 0.164. The SMILES string of the molecule is Cc1cc2c3c(c1)N(c1ccccc1)c1cc4c5c(c1B3c1c(cc3c6c1Oc1ccccc1B6c1ccc(-c6ccccc6C)cc1O3)N2c1ccccc1)Oc1ccccc1B5c1ccc(-c2ccccc2C)cc1O4. The van der Waals surface area contributed by atoms with Gasteiger partial charge in [0.25, 0.3) is 20.1 Å². The van der Waals surface area contributed by atoms with E-state index in [2.05, 4.69) is 249 Å². The Morgan fingerprint density at radius 2 is 0.692 bits per heavy atom. The third kappa shape index (κ3) is 6.07. The minimum atomic E-state index is -0.382. The van der Waals surface area contributed by atoms with Gasteiger partial charge in [-0.1, -0.05) is 146 Å². The summed E-state index contributed by atoms with van der Waals surface area (Å²) in [7, 11) is 0. The van der Waals surface area contributed by atoms with Gasteiger partial charge in [0.05, 0.1) is 0 Å². The molecule has 6 aliphatic rings. The van der Waals surface area contributed by atoms with Gasteiger partial charge in [-0.25, -0.2) is 0 Å². The number of hydrogen-bond donors (Lipinski definition) is 0. The van der Waals surface area contributed by atoms with Crippen molar-refractivity contribution in [2.75, 3.05) is 9.80 Å². The minimum absolute atomic E-state index is 0.170. The number of fused-ring (bicyclic) bond motifs is 14. The summed E-state index contributed by atoms with van der Waals surface area (Å²) in [6, 6.07) is 78.7. The van der Waals surface area contributed by atoms with Crippen molar-refractivity contribution in [1.29, 1.82) is 0 Å². The summed E-state index contributed by atoms with van der Waals surface area (Å²) >= 11 is 0. The van der Waals surface area contributed by atoms with Crippen LogP contribution in [0.4, 0.5) is 34.1 Å². The molecule has 11 aromatic rings. The van der Waals surface area contributed by atoms with E-state index in [-0.39, 0.29) is 20.1 Å². The summed E-state index contributed by atoms with van der Waals surface area (Å²) in [6.45, 7) is 5.84. The van der Waals surface area contributed by atoms with E-state index in [9.17, 15) is 0 Å². The first kappa shape index (κ1) is 43.6. The Hall–Kier alpha value is -9.59. The summed E-state index contributed by atoms with van der Waals surface area (Å²) in [4.78, 5) is 4.89. The second kappa shape index (κ2) is 16.2. The molecule has 0 unspecified atom stereocenters. The fourth-order valence-electron chi connectivity index (χ4n) is 13.9. The second-order valence-electron chi connectivity index (χ2n) is 21.6. The van der Waals surface area contributed by atoms with Crippen LogP contribution in [0.1, 0.15) is 16.7 Å². The van der Waals surface area contributed by atoms with E-state index in [4.69, 9.17) is 18.9 Å². The van der Waals surface area contributed by atoms with Crippen molar-refractivity contribution >= 4 is 103 Å². The Balaban J connectivity index is 0.976.